The lowest BCUT2D eigenvalue weighted by atomic mass is 10.0. The molecule has 1 aromatic heterocycles. The van der Waals surface area contributed by atoms with Gasteiger partial charge in [-0.2, -0.15) is 0 Å². The smallest absolute Gasteiger partial charge is 0.0888 e. The molecule has 18 heavy (non-hydrogen) atoms. The zero-order valence-electron chi connectivity index (χ0n) is 10.6. The third-order valence-corrected chi connectivity index (χ3v) is 5.35. The summed E-state index contributed by atoms with van der Waals surface area (Å²) in [6.07, 6.45) is 0. The molecule has 2 rings (SSSR count). The molecule has 96 valence electrons. The van der Waals surface area contributed by atoms with Crippen LogP contribution in [-0.2, 0) is 0 Å². The minimum absolute atomic E-state index is 0.192. The van der Waals surface area contributed by atoms with Gasteiger partial charge in [0.1, 0.15) is 0 Å². The summed E-state index contributed by atoms with van der Waals surface area (Å²) >= 11 is 11.3. The fraction of sp³-hybridized carbons (Fsp3) is 0.286. The Hall–Kier alpha value is -0.350. The van der Waals surface area contributed by atoms with Gasteiger partial charge in [0.05, 0.1) is 14.9 Å². The molecule has 2 aromatic rings. The van der Waals surface area contributed by atoms with Crippen molar-refractivity contribution < 1.29 is 0 Å². The number of benzene rings is 1. The van der Waals surface area contributed by atoms with Crippen molar-refractivity contribution >= 4 is 38.9 Å². The van der Waals surface area contributed by atoms with Crippen molar-refractivity contribution in [1.29, 1.82) is 0 Å². The van der Waals surface area contributed by atoms with Crippen LogP contribution in [-0.4, -0.2) is 7.05 Å². The summed E-state index contributed by atoms with van der Waals surface area (Å²) in [7, 11) is 1.98. The zero-order chi connectivity index (χ0) is 13.3. The topological polar surface area (TPSA) is 12.0 Å². The van der Waals surface area contributed by atoms with Crippen molar-refractivity contribution in [1.82, 2.24) is 5.32 Å². The predicted molar refractivity (Wildman–Crippen MR) is 83.8 cm³/mol. The molecule has 0 aliphatic heterocycles. The number of thiophene rings is 1. The van der Waals surface area contributed by atoms with Crippen molar-refractivity contribution in [2.75, 3.05) is 7.05 Å². The summed E-state index contributed by atoms with van der Waals surface area (Å²) in [5, 5.41) is 4.14. The minimum atomic E-state index is 0.192. The Morgan fingerprint density at radius 2 is 1.78 bits per heavy atom. The first-order chi connectivity index (χ1) is 8.51. The van der Waals surface area contributed by atoms with Crippen molar-refractivity contribution in [3.05, 3.63) is 54.6 Å². The van der Waals surface area contributed by atoms with Crippen LogP contribution in [0.1, 0.15) is 27.6 Å². The number of hydrogen-bond acceptors (Lipinski definition) is 2. The van der Waals surface area contributed by atoms with E-state index in [9.17, 15) is 0 Å². The van der Waals surface area contributed by atoms with Crippen LogP contribution < -0.4 is 5.32 Å². The number of nitrogens with one attached hydrogen (secondary N) is 1. The lowest BCUT2D eigenvalue weighted by Crippen LogP contribution is -2.16. The summed E-state index contributed by atoms with van der Waals surface area (Å²) in [6, 6.07) is 8.84. The average Bonchev–Trinajstić information content (AvgIpc) is 2.58. The first kappa shape index (κ1) is 14.1. The number of hydrogen-bond donors (Lipinski definition) is 1. The van der Waals surface area contributed by atoms with Crippen LogP contribution in [0.2, 0.25) is 5.02 Å². The SMILES string of the molecule is CNC(c1cc(C)cc(C)c1)c1cc(Cl)c(Br)s1. The number of rotatable bonds is 3. The zero-order valence-corrected chi connectivity index (χ0v) is 13.7. The van der Waals surface area contributed by atoms with E-state index in [0.717, 1.165) is 8.81 Å². The molecule has 1 nitrogen and oxygen atoms in total. The van der Waals surface area contributed by atoms with Gasteiger partial charge in [-0.25, -0.2) is 0 Å². The lowest BCUT2D eigenvalue weighted by molar-refractivity contribution is 0.702. The van der Waals surface area contributed by atoms with E-state index in [0.29, 0.717) is 0 Å². The van der Waals surface area contributed by atoms with Gasteiger partial charge in [0.2, 0.25) is 0 Å². The summed E-state index contributed by atoms with van der Waals surface area (Å²) < 4.78 is 0.990. The highest BCUT2D eigenvalue weighted by molar-refractivity contribution is 9.11. The molecular formula is C14H15BrClNS. The molecule has 1 N–H and O–H groups in total. The van der Waals surface area contributed by atoms with E-state index in [1.54, 1.807) is 11.3 Å². The Labute approximate surface area is 125 Å². The maximum absolute atomic E-state index is 6.12. The predicted octanol–water partition coefficient (Wildman–Crippen LogP) is 5.09. The molecule has 1 atom stereocenters. The normalized spacial score (nSPS) is 12.7. The fourth-order valence-corrected chi connectivity index (χ4v) is 4.04. The fourth-order valence-electron chi connectivity index (χ4n) is 2.16. The molecular weight excluding hydrogens is 330 g/mol. The van der Waals surface area contributed by atoms with Crippen LogP contribution in [0.25, 0.3) is 0 Å². The van der Waals surface area contributed by atoms with Gasteiger partial charge in [-0.15, -0.1) is 11.3 Å². The van der Waals surface area contributed by atoms with Crippen LogP contribution in [0, 0.1) is 13.8 Å². The van der Waals surface area contributed by atoms with Gasteiger partial charge < -0.3 is 5.32 Å². The molecule has 0 saturated heterocycles. The van der Waals surface area contributed by atoms with Gasteiger partial charge in [-0.1, -0.05) is 40.9 Å². The Morgan fingerprint density at radius 3 is 2.22 bits per heavy atom. The second kappa shape index (κ2) is 5.74. The maximum atomic E-state index is 6.12. The number of aryl methyl sites for hydroxylation is 2. The van der Waals surface area contributed by atoms with E-state index in [1.165, 1.54) is 21.6 Å². The molecule has 1 aromatic carbocycles. The van der Waals surface area contributed by atoms with Gasteiger partial charge in [0.15, 0.2) is 0 Å². The molecule has 0 radical (unpaired) electrons. The first-order valence-electron chi connectivity index (χ1n) is 5.71. The summed E-state index contributed by atoms with van der Waals surface area (Å²) in [4.78, 5) is 1.22. The van der Waals surface area contributed by atoms with E-state index < -0.39 is 0 Å². The van der Waals surface area contributed by atoms with Gasteiger partial charge in [-0.3, -0.25) is 0 Å². The van der Waals surface area contributed by atoms with E-state index in [2.05, 4.69) is 53.3 Å². The Bertz CT molecular complexity index is 525. The second-order valence-corrected chi connectivity index (χ2v) is 7.22. The maximum Gasteiger partial charge on any atom is 0.0888 e. The highest BCUT2D eigenvalue weighted by Crippen LogP contribution is 2.37. The molecule has 0 aliphatic carbocycles. The first-order valence-corrected chi connectivity index (χ1v) is 7.70. The molecule has 0 saturated carbocycles. The average molecular weight is 345 g/mol. The van der Waals surface area contributed by atoms with Gasteiger partial charge in [0, 0.05) is 4.88 Å². The molecule has 0 bridgehead atoms. The van der Waals surface area contributed by atoms with E-state index in [-0.39, 0.29) is 6.04 Å². The monoisotopic (exact) mass is 343 g/mol. The third kappa shape index (κ3) is 2.97. The minimum Gasteiger partial charge on any atom is -0.309 e. The molecule has 4 heteroatoms. The molecule has 0 amide bonds. The lowest BCUT2D eigenvalue weighted by Gasteiger charge is -2.16. The molecule has 0 spiro atoms. The molecule has 0 aliphatic rings. The highest BCUT2D eigenvalue weighted by atomic mass is 79.9. The van der Waals surface area contributed by atoms with E-state index >= 15 is 0 Å². The van der Waals surface area contributed by atoms with Crippen molar-refractivity contribution in [2.45, 2.75) is 19.9 Å². The molecule has 1 unspecified atom stereocenters. The second-order valence-electron chi connectivity index (χ2n) is 4.41. The van der Waals surface area contributed by atoms with Crippen molar-refractivity contribution in [3.8, 4) is 0 Å². The van der Waals surface area contributed by atoms with Crippen molar-refractivity contribution in [2.24, 2.45) is 0 Å². The van der Waals surface area contributed by atoms with Gasteiger partial charge >= 0.3 is 0 Å². The van der Waals surface area contributed by atoms with E-state index in [1.807, 2.05) is 13.1 Å². The Kier molecular flexibility index (Phi) is 4.49. The highest BCUT2D eigenvalue weighted by Gasteiger charge is 2.16. The summed E-state index contributed by atoms with van der Waals surface area (Å²) in [6.45, 7) is 4.25. The third-order valence-electron chi connectivity index (χ3n) is 2.81. The van der Waals surface area contributed by atoms with Crippen LogP contribution in [0.4, 0.5) is 0 Å². The van der Waals surface area contributed by atoms with Gasteiger partial charge in [0.25, 0.3) is 0 Å². The number of halogens is 2. The standard InChI is InChI=1S/C14H15BrClNS/c1-8-4-9(2)6-10(5-8)13(17-3)12-7-11(16)14(15)18-12/h4-7,13,17H,1-3H3. The van der Waals surface area contributed by atoms with Crippen LogP contribution in [0.5, 0.6) is 0 Å². The van der Waals surface area contributed by atoms with Crippen LogP contribution in [0.3, 0.4) is 0 Å². The Balaban J connectivity index is 2.44. The molecule has 1 heterocycles. The summed E-state index contributed by atoms with van der Waals surface area (Å²) in [5.74, 6) is 0. The van der Waals surface area contributed by atoms with E-state index in [4.69, 9.17) is 11.6 Å². The quantitative estimate of drug-likeness (QED) is 0.818. The summed E-state index contributed by atoms with van der Waals surface area (Å²) in [5.41, 5.74) is 3.85. The van der Waals surface area contributed by atoms with Crippen LogP contribution >= 0.6 is 38.9 Å². The Morgan fingerprint density at radius 1 is 1.17 bits per heavy atom. The van der Waals surface area contributed by atoms with Crippen LogP contribution in [0.15, 0.2) is 28.1 Å². The van der Waals surface area contributed by atoms with Gasteiger partial charge in [-0.05, 0) is 48.5 Å². The molecule has 0 fully saturated rings. The van der Waals surface area contributed by atoms with Crippen molar-refractivity contribution in [3.63, 3.8) is 0 Å². The largest absolute Gasteiger partial charge is 0.309 e.